The first-order valence-electron chi connectivity index (χ1n) is 10.1. The van der Waals surface area contributed by atoms with Gasteiger partial charge in [0.2, 0.25) is 10.0 Å². The molecule has 2 N–H and O–H groups in total. The van der Waals surface area contributed by atoms with Crippen LogP contribution >= 0.6 is 11.3 Å². The summed E-state index contributed by atoms with van der Waals surface area (Å²) in [6.45, 7) is 4.70. The van der Waals surface area contributed by atoms with E-state index in [0.717, 1.165) is 31.4 Å². The molecule has 0 amide bonds. The Morgan fingerprint density at radius 1 is 1.17 bits per heavy atom. The molecule has 0 spiro atoms. The fourth-order valence-corrected chi connectivity index (χ4v) is 5.77. The van der Waals surface area contributed by atoms with E-state index in [-0.39, 0.29) is 0 Å². The second-order valence-electron chi connectivity index (χ2n) is 7.34. The van der Waals surface area contributed by atoms with Crippen molar-refractivity contribution in [3.63, 3.8) is 0 Å². The number of nitrogens with one attached hydrogen (secondary N) is 2. The first-order chi connectivity index (χ1) is 14.0. The number of benzene rings is 1. The Kier molecular flexibility index (Phi) is 7.69. The van der Waals surface area contributed by atoms with Gasteiger partial charge >= 0.3 is 0 Å². The van der Waals surface area contributed by atoms with E-state index >= 15 is 0 Å². The molecule has 0 saturated carbocycles. The van der Waals surface area contributed by atoms with E-state index in [1.807, 2.05) is 12.1 Å². The van der Waals surface area contributed by atoms with Crippen LogP contribution in [0.25, 0.3) is 0 Å². The van der Waals surface area contributed by atoms with Gasteiger partial charge in [-0.25, -0.2) is 8.42 Å². The molecule has 3 rings (SSSR count). The van der Waals surface area contributed by atoms with Gasteiger partial charge in [0.25, 0.3) is 0 Å². The molecule has 0 aliphatic carbocycles. The number of hydrogen-bond donors (Lipinski definition) is 2. The zero-order valence-electron chi connectivity index (χ0n) is 17.1. The number of nitrogens with zero attached hydrogens (tertiary/aromatic N) is 2. The predicted molar refractivity (Wildman–Crippen MR) is 120 cm³/mol. The molecule has 1 unspecified atom stereocenters. The Balaban J connectivity index is 1.58. The molecule has 2 aromatic rings. The van der Waals surface area contributed by atoms with E-state index in [1.165, 1.54) is 4.88 Å². The maximum absolute atomic E-state index is 12.9. The van der Waals surface area contributed by atoms with Gasteiger partial charge in [0.1, 0.15) is 0 Å². The quantitative estimate of drug-likeness (QED) is 0.517. The second kappa shape index (κ2) is 10.2. The van der Waals surface area contributed by atoms with E-state index in [9.17, 15) is 8.42 Å². The maximum atomic E-state index is 12.9. The number of hydrogen-bond acceptors (Lipinski definition) is 4. The molecule has 29 heavy (non-hydrogen) atoms. The molecule has 1 aliphatic heterocycles. The third-order valence-electron chi connectivity index (χ3n) is 5.14. The first-order valence-corrected chi connectivity index (χ1v) is 12.4. The molecule has 1 fully saturated rings. The van der Waals surface area contributed by atoms with Crippen molar-refractivity contribution in [2.45, 2.75) is 43.5 Å². The van der Waals surface area contributed by atoms with Crippen molar-refractivity contribution in [2.75, 3.05) is 26.7 Å². The van der Waals surface area contributed by atoms with Crippen LogP contribution in [-0.4, -0.2) is 45.4 Å². The van der Waals surface area contributed by atoms with Crippen LogP contribution in [0.4, 0.5) is 0 Å². The van der Waals surface area contributed by atoms with Gasteiger partial charge < -0.3 is 10.6 Å². The minimum Gasteiger partial charge on any atom is -0.356 e. The van der Waals surface area contributed by atoms with Crippen molar-refractivity contribution in [3.05, 3.63) is 52.2 Å². The highest BCUT2D eigenvalue weighted by Crippen LogP contribution is 2.21. The van der Waals surface area contributed by atoms with E-state index in [4.69, 9.17) is 0 Å². The van der Waals surface area contributed by atoms with Crippen molar-refractivity contribution < 1.29 is 8.42 Å². The van der Waals surface area contributed by atoms with Crippen LogP contribution in [0, 0.1) is 0 Å². The molecule has 0 radical (unpaired) electrons. The maximum Gasteiger partial charge on any atom is 0.243 e. The molecule has 1 aromatic carbocycles. The van der Waals surface area contributed by atoms with E-state index in [1.54, 1.807) is 34.8 Å². The van der Waals surface area contributed by atoms with Gasteiger partial charge in [-0.3, -0.25) is 4.99 Å². The van der Waals surface area contributed by atoms with Gasteiger partial charge in [-0.1, -0.05) is 31.5 Å². The molecule has 1 atom stereocenters. The minimum atomic E-state index is -3.41. The number of rotatable bonds is 7. The molecular weight excluding hydrogens is 404 g/mol. The fraction of sp³-hybridized carbons (Fsp3) is 0.476. The first kappa shape index (κ1) is 21.8. The molecule has 1 aromatic heterocycles. The highest BCUT2D eigenvalue weighted by Gasteiger charge is 2.25. The number of aliphatic imine (C=N–C) groups is 1. The summed E-state index contributed by atoms with van der Waals surface area (Å²) >= 11 is 1.75. The standard InChI is InChI=1S/C21H30N4O2S2/c1-17(20-10-7-13-28-20)15-23-21(22-2)24-16-18-8-6-9-19(14-18)29(26,27)25-11-4-3-5-12-25/h6-10,13-14,17H,3-5,11-12,15-16H2,1-2H3,(H2,22,23,24). The second-order valence-corrected chi connectivity index (χ2v) is 10.3. The van der Waals surface area contributed by atoms with Crippen molar-refractivity contribution in [1.29, 1.82) is 0 Å². The lowest BCUT2D eigenvalue weighted by Crippen LogP contribution is -2.38. The lowest BCUT2D eigenvalue weighted by molar-refractivity contribution is 0.346. The highest BCUT2D eigenvalue weighted by molar-refractivity contribution is 7.89. The fourth-order valence-electron chi connectivity index (χ4n) is 3.40. The Morgan fingerprint density at radius 2 is 1.97 bits per heavy atom. The summed E-state index contributed by atoms with van der Waals surface area (Å²) in [6, 6.07) is 11.4. The van der Waals surface area contributed by atoms with Crippen LogP contribution in [0.1, 0.15) is 42.5 Å². The van der Waals surface area contributed by atoms with Crippen molar-refractivity contribution in [2.24, 2.45) is 4.99 Å². The van der Waals surface area contributed by atoms with Crippen LogP contribution in [0.15, 0.2) is 51.7 Å². The zero-order valence-corrected chi connectivity index (χ0v) is 18.7. The van der Waals surface area contributed by atoms with Gasteiger partial charge in [-0.05, 0) is 42.0 Å². The molecule has 158 valence electrons. The molecule has 1 aliphatic rings. The number of guanidine groups is 1. The lowest BCUT2D eigenvalue weighted by atomic mass is 10.1. The summed E-state index contributed by atoms with van der Waals surface area (Å²) in [5.74, 6) is 1.10. The molecular formula is C21H30N4O2S2. The number of sulfonamides is 1. The average molecular weight is 435 g/mol. The third-order valence-corrected chi connectivity index (χ3v) is 8.14. The van der Waals surface area contributed by atoms with Crippen LogP contribution in [-0.2, 0) is 16.6 Å². The summed E-state index contributed by atoms with van der Waals surface area (Å²) in [5, 5.41) is 8.71. The normalized spacial score (nSPS) is 17.1. The van der Waals surface area contributed by atoms with Crippen LogP contribution in [0.3, 0.4) is 0 Å². The Morgan fingerprint density at radius 3 is 2.66 bits per heavy atom. The SMILES string of the molecule is CN=C(NCc1cccc(S(=O)(=O)N2CCCCC2)c1)NCC(C)c1cccs1. The van der Waals surface area contributed by atoms with Gasteiger partial charge in [-0.2, -0.15) is 4.31 Å². The Labute approximate surface area is 178 Å². The summed E-state index contributed by atoms with van der Waals surface area (Å²) in [4.78, 5) is 5.98. The summed E-state index contributed by atoms with van der Waals surface area (Å²) in [6.07, 6.45) is 2.98. The monoisotopic (exact) mass is 434 g/mol. The van der Waals surface area contributed by atoms with Crippen LogP contribution in [0.2, 0.25) is 0 Å². The van der Waals surface area contributed by atoms with Gasteiger partial charge in [0, 0.05) is 44.0 Å². The van der Waals surface area contributed by atoms with Gasteiger partial charge in [0.15, 0.2) is 5.96 Å². The van der Waals surface area contributed by atoms with E-state index in [0.29, 0.717) is 36.4 Å². The predicted octanol–water partition coefficient (Wildman–Crippen LogP) is 3.39. The van der Waals surface area contributed by atoms with Gasteiger partial charge in [-0.15, -0.1) is 11.3 Å². The van der Waals surface area contributed by atoms with E-state index in [2.05, 4.69) is 40.1 Å². The number of piperidine rings is 1. The zero-order chi connectivity index (χ0) is 20.7. The molecule has 1 saturated heterocycles. The molecule has 2 heterocycles. The molecule has 6 nitrogen and oxygen atoms in total. The average Bonchev–Trinajstić information content (AvgIpc) is 3.29. The smallest absolute Gasteiger partial charge is 0.243 e. The Hall–Kier alpha value is -1.90. The van der Waals surface area contributed by atoms with E-state index < -0.39 is 10.0 Å². The summed E-state index contributed by atoms with van der Waals surface area (Å²) < 4.78 is 27.4. The van der Waals surface area contributed by atoms with Gasteiger partial charge in [0.05, 0.1) is 4.90 Å². The third kappa shape index (κ3) is 5.81. The topological polar surface area (TPSA) is 73.8 Å². The Bertz CT molecular complexity index is 905. The molecule has 0 bridgehead atoms. The summed E-state index contributed by atoms with van der Waals surface area (Å²) in [5.41, 5.74) is 0.914. The summed E-state index contributed by atoms with van der Waals surface area (Å²) in [7, 11) is -1.68. The van der Waals surface area contributed by atoms with Crippen molar-refractivity contribution in [3.8, 4) is 0 Å². The van der Waals surface area contributed by atoms with Crippen molar-refractivity contribution in [1.82, 2.24) is 14.9 Å². The lowest BCUT2D eigenvalue weighted by Gasteiger charge is -2.26. The largest absolute Gasteiger partial charge is 0.356 e. The van der Waals surface area contributed by atoms with Crippen molar-refractivity contribution >= 4 is 27.3 Å². The number of thiophene rings is 1. The highest BCUT2D eigenvalue weighted by atomic mass is 32.2. The van der Waals surface area contributed by atoms with Crippen LogP contribution in [0.5, 0.6) is 0 Å². The minimum absolute atomic E-state index is 0.368. The molecule has 8 heteroatoms. The van der Waals surface area contributed by atoms with Crippen LogP contribution < -0.4 is 10.6 Å².